The van der Waals surface area contributed by atoms with Crippen molar-refractivity contribution in [1.29, 1.82) is 0 Å². The molecule has 1 aromatic heterocycles. The molecule has 0 saturated heterocycles. The molecule has 0 radical (unpaired) electrons. The van der Waals surface area contributed by atoms with Gasteiger partial charge in [-0.1, -0.05) is 13.3 Å². The van der Waals surface area contributed by atoms with Crippen molar-refractivity contribution in [1.82, 2.24) is 9.88 Å². The van der Waals surface area contributed by atoms with Gasteiger partial charge in [0.25, 0.3) is 5.91 Å². The topological polar surface area (TPSA) is 33.2 Å². The van der Waals surface area contributed by atoms with E-state index in [1.807, 2.05) is 6.92 Å². The Balaban J connectivity index is 2.87. The maximum absolute atomic E-state index is 12.5. The smallest absolute Gasteiger partial charge is 0.330 e. The number of rotatable bonds is 5. The second-order valence-corrected chi connectivity index (χ2v) is 4.88. The number of alkyl halides is 3. The van der Waals surface area contributed by atoms with Gasteiger partial charge in [-0.15, -0.1) is 0 Å². The summed E-state index contributed by atoms with van der Waals surface area (Å²) >= 11 is 3.09. The van der Waals surface area contributed by atoms with Gasteiger partial charge in [0.2, 0.25) is 0 Å². The van der Waals surface area contributed by atoms with Crippen molar-refractivity contribution in [2.45, 2.75) is 25.9 Å². The molecule has 0 aliphatic heterocycles. The van der Waals surface area contributed by atoms with Gasteiger partial charge in [-0.05, 0) is 34.5 Å². The number of pyridine rings is 1. The Labute approximate surface area is 117 Å². The van der Waals surface area contributed by atoms with E-state index in [1.54, 1.807) is 0 Å². The normalized spacial score (nSPS) is 11.4. The third-order valence-electron chi connectivity index (χ3n) is 2.41. The summed E-state index contributed by atoms with van der Waals surface area (Å²) in [5.41, 5.74) is 0.197. The number of unbranched alkanes of at least 4 members (excludes halogenated alkanes) is 1. The van der Waals surface area contributed by atoms with Crippen LogP contribution in [-0.2, 0) is 0 Å². The first-order valence-corrected chi connectivity index (χ1v) is 6.60. The highest BCUT2D eigenvalue weighted by Gasteiger charge is 2.33. The van der Waals surface area contributed by atoms with Crippen molar-refractivity contribution < 1.29 is 18.0 Å². The summed E-state index contributed by atoms with van der Waals surface area (Å²) in [5.74, 6) is -0.631. The molecule has 0 N–H and O–H groups in total. The predicted molar refractivity (Wildman–Crippen MR) is 68.8 cm³/mol. The molecule has 0 unspecified atom stereocenters. The van der Waals surface area contributed by atoms with Crippen LogP contribution in [0.5, 0.6) is 0 Å². The van der Waals surface area contributed by atoms with E-state index >= 15 is 0 Å². The number of aromatic nitrogens is 1. The number of carbonyl (C=O) groups is 1. The Morgan fingerprint density at radius 3 is 2.68 bits per heavy atom. The third kappa shape index (κ3) is 5.59. The predicted octanol–water partition coefficient (Wildman–Crippen LogP) is 3.65. The van der Waals surface area contributed by atoms with Crippen molar-refractivity contribution >= 4 is 21.8 Å². The SMILES string of the molecule is CCCCN(CC(F)(F)F)C(=O)c1ccnc(Br)c1. The van der Waals surface area contributed by atoms with Crippen LogP contribution in [0.1, 0.15) is 30.1 Å². The zero-order valence-electron chi connectivity index (χ0n) is 10.4. The molecular weight excluding hydrogens is 325 g/mol. The standard InChI is InChI=1S/C12H14BrF3N2O/c1-2-3-6-18(8-12(14,15)16)11(19)9-4-5-17-10(13)7-9/h4-5,7H,2-3,6,8H2,1H3. The van der Waals surface area contributed by atoms with Gasteiger partial charge in [0.05, 0.1) is 0 Å². The van der Waals surface area contributed by atoms with E-state index in [-0.39, 0.29) is 12.1 Å². The van der Waals surface area contributed by atoms with Crippen LogP contribution in [-0.4, -0.2) is 35.1 Å². The Bertz CT molecular complexity index is 437. The molecule has 0 bridgehead atoms. The fourth-order valence-electron chi connectivity index (χ4n) is 1.54. The van der Waals surface area contributed by atoms with Crippen molar-refractivity contribution in [2.75, 3.05) is 13.1 Å². The molecule has 0 spiro atoms. The number of amides is 1. The second-order valence-electron chi connectivity index (χ2n) is 4.06. The Hall–Kier alpha value is -1.11. The molecule has 1 amide bonds. The van der Waals surface area contributed by atoms with Crippen LogP contribution < -0.4 is 0 Å². The van der Waals surface area contributed by atoms with E-state index in [4.69, 9.17) is 0 Å². The molecule has 1 heterocycles. The average Bonchev–Trinajstić information content (AvgIpc) is 2.32. The first-order chi connectivity index (χ1) is 8.83. The van der Waals surface area contributed by atoms with Gasteiger partial charge in [-0.25, -0.2) is 4.98 Å². The molecule has 0 atom stereocenters. The molecule has 0 aliphatic rings. The largest absolute Gasteiger partial charge is 0.406 e. The lowest BCUT2D eigenvalue weighted by molar-refractivity contribution is -0.140. The van der Waals surface area contributed by atoms with Gasteiger partial charge >= 0.3 is 6.18 Å². The summed E-state index contributed by atoms with van der Waals surface area (Å²) < 4.78 is 37.8. The molecule has 0 saturated carbocycles. The zero-order chi connectivity index (χ0) is 14.5. The molecule has 19 heavy (non-hydrogen) atoms. The lowest BCUT2D eigenvalue weighted by Gasteiger charge is -2.23. The quantitative estimate of drug-likeness (QED) is 0.768. The van der Waals surface area contributed by atoms with E-state index in [9.17, 15) is 18.0 Å². The maximum atomic E-state index is 12.5. The van der Waals surface area contributed by atoms with Crippen molar-refractivity contribution in [3.8, 4) is 0 Å². The summed E-state index contributed by atoms with van der Waals surface area (Å²) in [6.07, 6.45) is -1.76. The van der Waals surface area contributed by atoms with Gasteiger partial charge < -0.3 is 4.90 Å². The van der Waals surface area contributed by atoms with Crippen LogP contribution in [0.25, 0.3) is 0 Å². The Morgan fingerprint density at radius 1 is 1.47 bits per heavy atom. The molecule has 0 aliphatic carbocycles. The summed E-state index contributed by atoms with van der Waals surface area (Å²) in [6, 6.07) is 2.82. The van der Waals surface area contributed by atoms with E-state index < -0.39 is 18.6 Å². The molecular formula is C12H14BrF3N2O. The van der Waals surface area contributed by atoms with Crippen molar-refractivity contribution in [2.24, 2.45) is 0 Å². The summed E-state index contributed by atoms with van der Waals surface area (Å²) in [6.45, 7) is 0.722. The van der Waals surface area contributed by atoms with E-state index in [1.165, 1.54) is 18.3 Å². The Kier molecular flexibility index (Phi) is 5.78. The minimum absolute atomic E-state index is 0.0920. The number of nitrogens with zero attached hydrogens (tertiary/aromatic N) is 2. The molecule has 0 aromatic carbocycles. The minimum atomic E-state index is -4.40. The Morgan fingerprint density at radius 2 is 2.16 bits per heavy atom. The van der Waals surface area contributed by atoms with Crippen LogP contribution in [0.15, 0.2) is 22.9 Å². The lowest BCUT2D eigenvalue weighted by atomic mass is 10.2. The molecule has 0 fully saturated rings. The van der Waals surface area contributed by atoms with Gasteiger partial charge in [0.1, 0.15) is 11.1 Å². The highest BCUT2D eigenvalue weighted by Crippen LogP contribution is 2.19. The average molecular weight is 339 g/mol. The van der Waals surface area contributed by atoms with Crippen molar-refractivity contribution in [3.63, 3.8) is 0 Å². The highest BCUT2D eigenvalue weighted by molar-refractivity contribution is 9.10. The number of hydrogen-bond donors (Lipinski definition) is 0. The molecule has 3 nitrogen and oxygen atoms in total. The van der Waals surface area contributed by atoms with Crippen molar-refractivity contribution in [3.05, 3.63) is 28.5 Å². The monoisotopic (exact) mass is 338 g/mol. The molecule has 1 rings (SSSR count). The lowest BCUT2D eigenvalue weighted by Crippen LogP contribution is -2.39. The number of halogens is 4. The summed E-state index contributed by atoms with van der Waals surface area (Å²) in [7, 11) is 0. The molecule has 7 heteroatoms. The summed E-state index contributed by atoms with van der Waals surface area (Å²) in [4.78, 5) is 16.7. The van der Waals surface area contributed by atoms with Gasteiger partial charge in [0, 0.05) is 18.3 Å². The highest BCUT2D eigenvalue weighted by atomic mass is 79.9. The van der Waals surface area contributed by atoms with Gasteiger partial charge in [-0.3, -0.25) is 4.79 Å². The number of carbonyl (C=O) groups excluding carboxylic acids is 1. The first kappa shape index (κ1) is 15.9. The van der Waals surface area contributed by atoms with Crippen LogP contribution in [0.4, 0.5) is 13.2 Å². The fraction of sp³-hybridized carbons (Fsp3) is 0.500. The molecule has 106 valence electrons. The van der Waals surface area contributed by atoms with Crippen LogP contribution in [0.2, 0.25) is 0 Å². The van der Waals surface area contributed by atoms with Crippen LogP contribution >= 0.6 is 15.9 Å². The van der Waals surface area contributed by atoms with E-state index in [0.29, 0.717) is 11.0 Å². The van der Waals surface area contributed by atoms with Crippen LogP contribution in [0.3, 0.4) is 0 Å². The first-order valence-electron chi connectivity index (χ1n) is 5.81. The second kappa shape index (κ2) is 6.88. The van der Waals surface area contributed by atoms with Gasteiger partial charge in [-0.2, -0.15) is 13.2 Å². The van der Waals surface area contributed by atoms with E-state index in [0.717, 1.165) is 11.3 Å². The summed E-state index contributed by atoms with van der Waals surface area (Å²) in [5, 5.41) is 0. The number of hydrogen-bond acceptors (Lipinski definition) is 2. The van der Waals surface area contributed by atoms with Crippen LogP contribution in [0, 0.1) is 0 Å². The van der Waals surface area contributed by atoms with E-state index in [2.05, 4.69) is 20.9 Å². The maximum Gasteiger partial charge on any atom is 0.406 e. The van der Waals surface area contributed by atoms with Gasteiger partial charge in [0.15, 0.2) is 0 Å². The zero-order valence-corrected chi connectivity index (χ0v) is 12.0. The fourth-order valence-corrected chi connectivity index (χ4v) is 1.90. The minimum Gasteiger partial charge on any atom is -0.330 e. The molecule has 1 aromatic rings. The third-order valence-corrected chi connectivity index (χ3v) is 2.85.